The average Bonchev–Trinajstić information content (AvgIpc) is 3.13. The molecule has 7 heteroatoms. The predicted molar refractivity (Wildman–Crippen MR) is 92.0 cm³/mol. The summed E-state index contributed by atoms with van der Waals surface area (Å²) < 4.78 is 4.91. The van der Waals surface area contributed by atoms with Crippen LogP contribution in [0, 0.1) is 5.41 Å². The van der Waals surface area contributed by atoms with E-state index < -0.39 is 0 Å². The molecule has 0 saturated carbocycles. The number of nitrogens with zero attached hydrogens (tertiary/aromatic N) is 2. The summed E-state index contributed by atoms with van der Waals surface area (Å²) in [6.45, 7) is 7.45. The molecule has 2 amide bonds. The molecule has 0 unspecified atom stereocenters. The first-order valence-corrected chi connectivity index (χ1v) is 8.73. The number of hydrogen-bond donors (Lipinski definition) is 1. The largest absolute Gasteiger partial charge is 0.472 e. The smallest absolute Gasteiger partial charge is 0.260 e. The van der Waals surface area contributed by atoms with Gasteiger partial charge in [0.05, 0.1) is 24.1 Å². The van der Waals surface area contributed by atoms with Crippen molar-refractivity contribution in [3.05, 3.63) is 34.7 Å². The monoisotopic (exact) mass is 347 g/mol. The van der Waals surface area contributed by atoms with Crippen molar-refractivity contribution in [3.63, 3.8) is 0 Å². The van der Waals surface area contributed by atoms with Crippen LogP contribution >= 0.6 is 11.3 Å². The highest BCUT2D eigenvalue weighted by Crippen LogP contribution is 2.30. The minimum Gasteiger partial charge on any atom is -0.472 e. The molecule has 0 atom stereocenters. The summed E-state index contributed by atoms with van der Waals surface area (Å²) in [5.74, 6) is -0.0685. The Kier molecular flexibility index (Phi) is 4.45. The van der Waals surface area contributed by atoms with E-state index in [2.05, 4.69) is 31.1 Å². The van der Waals surface area contributed by atoms with E-state index in [1.165, 1.54) is 23.9 Å². The second-order valence-electron chi connectivity index (χ2n) is 7.16. The number of rotatable bonds is 3. The fraction of sp³-hybridized carbons (Fsp3) is 0.471. The van der Waals surface area contributed by atoms with Crippen LogP contribution in [0.25, 0.3) is 0 Å². The second-order valence-corrected chi connectivity index (χ2v) is 8.24. The highest BCUT2D eigenvalue weighted by Gasteiger charge is 2.27. The first-order valence-electron chi connectivity index (χ1n) is 7.92. The van der Waals surface area contributed by atoms with Crippen LogP contribution in [0.2, 0.25) is 0 Å². The number of hydrogen-bond acceptors (Lipinski definition) is 5. The highest BCUT2D eigenvalue weighted by atomic mass is 32.1. The van der Waals surface area contributed by atoms with Crippen LogP contribution < -0.4 is 5.32 Å². The van der Waals surface area contributed by atoms with Crippen molar-refractivity contribution in [2.45, 2.75) is 40.2 Å². The SMILES string of the molecule is CC(C)(C)CC(=O)N1CCc2nc(NC(=O)c3ccoc3)sc2C1. The molecule has 2 aromatic rings. The average molecular weight is 347 g/mol. The predicted octanol–water partition coefficient (Wildman–Crippen LogP) is 3.31. The minimum atomic E-state index is -0.240. The minimum absolute atomic E-state index is 0.0191. The van der Waals surface area contributed by atoms with Crippen molar-refractivity contribution in [1.82, 2.24) is 9.88 Å². The molecule has 0 bridgehead atoms. The zero-order chi connectivity index (χ0) is 17.3. The quantitative estimate of drug-likeness (QED) is 0.924. The summed E-state index contributed by atoms with van der Waals surface area (Å²) in [6.07, 6.45) is 4.12. The molecule has 0 aliphatic carbocycles. The Hall–Kier alpha value is -2.15. The van der Waals surface area contributed by atoms with Crippen LogP contribution in [-0.2, 0) is 17.8 Å². The van der Waals surface area contributed by atoms with Gasteiger partial charge in [0.25, 0.3) is 5.91 Å². The topological polar surface area (TPSA) is 75.4 Å². The molecule has 0 spiro atoms. The first-order chi connectivity index (χ1) is 11.3. The molecule has 0 aromatic carbocycles. The molecule has 0 radical (unpaired) electrons. The summed E-state index contributed by atoms with van der Waals surface area (Å²) >= 11 is 1.43. The van der Waals surface area contributed by atoms with Crippen LogP contribution in [0.3, 0.4) is 0 Å². The molecule has 3 heterocycles. The Bertz CT molecular complexity index is 744. The number of thiazole rings is 1. The molecule has 3 rings (SSSR count). The van der Waals surface area contributed by atoms with Gasteiger partial charge in [0, 0.05) is 24.3 Å². The summed E-state index contributed by atoms with van der Waals surface area (Å²) in [5, 5.41) is 3.35. The molecule has 1 N–H and O–H groups in total. The van der Waals surface area contributed by atoms with E-state index in [4.69, 9.17) is 4.42 Å². The molecule has 0 fully saturated rings. The maximum atomic E-state index is 12.4. The van der Waals surface area contributed by atoms with Crippen LogP contribution in [0.5, 0.6) is 0 Å². The molecule has 1 aliphatic rings. The maximum absolute atomic E-state index is 12.4. The van der Waals surface area contributed by atoms with E-state index in [9.17, 15) is 9.59 Å². The molecule has 0 saturated heterocycles. The van der Waals surface area contributed by atoms with Crippen LogP contribution in [0.4, 0.5) is 5.13 Å². The normalized spacial score (nSPS) is 14.4. The summed E-state index contributed by atoms with van der Waals surface area (Å²) in [5.41, 5.74) is 1.42. The van der Waals surface area contributed by atoms with E-state index in [0.717, 1.165) is 17.0 Å². The molecular formula is C17H21N3O3S. The Labute approximate surface area is 144 Å². The zero-order valence-corrected chi connectivity index (χ0v) is 14.9. The lowest BCUT2D eigenvalue weighted by Crippen LogP contribution is -2.37. The van der Waals surface area contributed by atoms with Crippen molar-refractivity contribution in [2.75, 3.05) is 11.9 Å². The number of carbonyl (C=O) groups is 2. The number of furan rings is 1. The maximum Gasteiger partial charge on any atom is 0.260 e. The lowest BCUT2D eigenvalue weighted by Gasteiger charge is -2.29. The van der Waals surface area contributed by atoms with Gasteiger partial charge < -0.3 is 9.32 Å². The van der Waals surface area contributed by atoms with Gasteiger partial charge in [-0.1, -0.05) is 32.1 Å². The Morgan fingerprint density at radius 2 is 2.21 bits per heavy atom. The third-order valence-corrected chi connectivity index (χ3v) is 4.77. The third-order valence-electron chi connectivity index (χ3n) is 3.77. The van der Waals surface area contributed by atoms with Gasteiger partial charge in [-0.15, -0.1) is 0 Å². The number of anilines is 1. The Balaban J connectivity index is 1.66. The summed E-state index contributed by atoms with van der Waals surface area (Å²) in [4.78, 5) is 31.9. The van der Waals surface area contributed by atoms with Gasteiger partial charge in [0.2, 0.25) is 5.91 Å². The van der Waals surface area contributed by atoms with E-state index >= 15 is 0 Å². The standard InChI is InChI=1S/C17H21N3O3S/c1-17(2,3)8-14(21)20-6-4-12-13(9-20)24-16(18-12)19-15(22)11-5-7-23-10-11/h5,7,10H,4,6,8-9H2,1-3H3,(H,18,19,22). The number of nitrogens with one attached hydrogen (secondary N) is 1. The number of fused-ring (bicyclic) bond motifs is 1. The van der Waals surface area contributed by atoms with Crippen molar-refractivity contribution in [3.8, 4) is 0 Å². The van der Waals surface area contributed by atoms with Crippen LogP contribution in [0.1, 0.15) is 48.1 Å². The summed E-state index contributed by atoms with van der Waals surface area (Å²) in [6, 6.07) is 1.61. The Morgan fingerprint density at radius 1 is 1.42 bits per heavy atom. The van der Waals surface area contributed by atoms with Crippen molar-refractivity contribution < 1.29 is 14.0 Å². The molecule has 1 aliphatic heterocycles. The lowest BCUT2D eigenvalue weighted by atomic mass is 9.91. The van der Waals surface area contributed by atoms with Gasteiger partial charge in [0.1, 0.15) is 6.26 Å². The second kappa shape index (κ2) is 6.39. The number of aromatic nitrogens is 1. The van der Waals surface area contributed by atoms with E-state index in [-0.39, 0.29) is 17.2 Å². The van der Waals surface area contributed by atoms with Crippen LogP contribution in [-0.4, -0.2) is 28.2 Å². The van der Waals surface area contributed by atoms with E-state index in [0.29, 0.717) is 30.2 Å². The van der Waals surface area contributed by atoms with Crippen molar-refractivity contribution in [2.24, 2.45) is 5.41 Å². The van der Waals surface area contributed by atoms with E-state index in [1.807, 2.05) is 4.90 Å². The van der Waals surface area contributed by atoms with Gasteiger partial charge in [-0.05, 0) is 11.5 Å². The van der Waals surface area contributed by atoms with Crippen molar-refractivity contribution in [1.29, 1.82) is 0 Å². The summed E-state index contributed by atoms with van der Waals surface area (Å²) in [7, 11) is 0. The Morgan fingerprint density at radius 3 is 2.88 bits per heavy atom. The fourth-order valence-electron chi connectivity index (χ4n) is 2.59. The molecule has 24 heavy (non-hydrogen) atoms. The van der Waals surface area contributed by atoms with Gasteiger partial charge >= 0.3 is 0 Å². The van der Waals surface area contributed by atoms with Gasteiger partial charge in [-0.2, -0.15) is 0 Å². The molecule has 6 nitrogen and oxygen atoms in total. The van der Waals surface area contributed by atoms with Crippen molar-refractivity contribution >= 4 is 28.3 Å². The highest BCUT2D eigenvalue weighted by molar-refractivity contribution is 7.15. The number of amides is 2. The van der Waals surface area contributed by atoms with E-state index in [1.54, 1.807) is 6.07 Å². The molecule has 128 valence electrons. The zero-order valence-electron chi connectivity index (χ0n) is 14.1. The molecular weight excluding hydrogens is 326 g/mol. The lowest BCUT2D eigenvalue weighted by molar-refractivity contribution is -0.133. The van der Waals surface area contributed by atoms with Gasteiger partial charge in [0.15, 0.2) is 5.13 Å². The molecule has 2 aromatic heterocycles. The van der Waals surface area contributed by atoms with Gasteiger partial charge in [-0.25, -0.2) is 4.98 Å². The third kappa shape index (κ3) is 3.84. The number of carbonyl (C=O) groups excluding carboxylic acids is 2. The first kappa shape index (κ1) is 16.7. The van der Waals surface area contributed by atoms with Gasteiger partial charge in [-0.3, -0.25) is 14.9 Å². The van der Waals surface area contributed by atoms with Crippen LogP contribution in [0.15, 0.2) is 23.0 Å². The fourth-order valence-corrected chi connectivity index (χ4v) is 3.61.